The van der Waals surface area contributed by atoms with Gasteiger partial charge in [-0.05, 0) is 58.7 Å². The lowest BCUT2D eigenvalue weighted by Gasteiger charge is -2.21. The molecule has 0 atom stereocenters. The average Bonchev–Trinajstić information content (AvgIpc) is 2.65. The summed E-state index contributed by atoms with van der Waals surface area (Å²) in [5.41, 5.74) is 4.91. The van der Waals surface area contributed by atoms with E-state index in [1.54, 1.807) is 6.07 Å². The van der Waals surface area contributed by atoms with Crippen LogP contribution in [-0.4, -0.2) is 23.5 Å². The maximum Gasteiger partial charge on any atom is 0.276 e. The van der Waals surface area contributed by atoms with E-state index in [-0.39, 0.29) is 17.6 Å². The SMILES string of the molecule is O=C(COc1ccc(Br)cc1Br)NNC(=S)NC(=O)CCC1CCCCC1. The van der Waals surface area contributed by atoms with Gasteiger partial charge in [0.05, 0.1) is 4.47 Å². The summed E-state index contributed by atoms with van der Waals surface area (Å²) in [6, 6.07) is 5.38. The zero-order valence-electron chi connectivity index (χ0n) is 14.9. The van der Waals surface area contributed by atoms with E-state index >= 15 is 0 Å². The quantitative estimate of drug-likeness (QED) is 0.390. The lowest BCUT2D eigenvalue weighted by Crippen LogP contribution is -2.49. The van der Waals surface area contributed by atoms with Crippen molar-refractivity contribution < 1.29 is 14.3 Å². The summed E-state index contributed by atoms with van der Waals surface area (Å²) in [5, 5.41) is 2.65. The largest absolute Gasteiger partial charge is 0.483 e. The molecule has 0 unspecified atom stereocenters. The first kappa shape index (κ1) is 22.1. The van der Waals surface area contributed by atoms with Crippen LogP contribution in [0.4, 0.5) is 0 Å². The topological polar surface area (TPSA) is 79.5 Å². The van der Waals surface area contributed by atoms with Crippen LogP contribution in [0.1, 0.15) is 44.9 Å². The predicted octanol–water partition coefficient (Wildman–Crippen LogP) is 3.97. The van der Waals surface area contributed by atoms with Gasteiger partial charge in [-0.25, -0.2) is 0 Å². The second-order valence-corrected chi connectivity index (χ2v) is 8.63. The lowest BCUT2D eigenvalue weighted by molar-refractivity contribution is -0.124. The van der Waals surface area contributed by atoms with Crippen LogP contribution in [0, 0.1) is 5.92 Å². The number of amides is 2. The molecule has 2 amide bonds. The molecule has 0 aromatic heterocycles. The van der Waals surface area contributed by atoms with Gasteiger partial charge < -0.3 is 10.1 Å². The van der Waals surface area contributed by atoms with Crippen LogP contribution in [0.3, 0.4) is 0 Å². The molecule has 1 fully saturated rings. The molecule has 1 aliphatic carbocycles. The summed E-state index contributed by atoms with van der Waals surface area (Å²) in [5.74, 6) is 0.638. The van der Waals surface area contributed by atoms with E-state index in [9.17, 15) is 9.59 Å². The zero-order chi connectivity index (χ0) is 19.6. The van der Waals surface area contributed by atoms with Gasteiger partial charge in [0.15, 0.2) is 11.7 Å². The molecular weight excluding hydrogens is 498 g/mol. The number of rotatable bonds is 6. The molecule has 1 aromatic carbocycles. The van der Waals surface area contributed by atoms with Crippen LogP contribution in [0.25, 0.3) is 0 Å². The second-order valence-electron chi connectivity index (χ2n) is 6.46. The molecule has 0 heterocycles. The summed E-state index contributed by atoms with van der Waals surface area (Å²) < 4.78 is 7.06. The first-order valence-electron chi connectivity index (χ1n) is 8.90. The number of carbonyl (C=O) groups is 2. The summed E-state index contributed by atoms with van der Waals surface area (Å²) in [7, 11) is 0. The van der Waals surface area contributed by atoms with Gasteiger partial charge in [0.25, 0.3) is 5.91 Å². The third-order valence-electron chi connectivity index (χ3n) is 4.33. The fraction of sp³-hybridized carbons (Fsp3) is 0.500. The van der Waals surface area contributed by atoms with E-state index in [0.29, 0.717) is 18.1 Å². The van der Waals surface area contributed by atoms with Crippen LogP contribution in [0.15, 0.2) is 27.1 Å². The van der Waals surface area contributed by atoms with E-state index < -0.39 is 5.91 Å². The van der Waals surface area contributed by atoms with Crippen molar-refractivity contribution in [1.82, 2.24) is 16.2 Å². The minimum atomic E-state index is -0.413. The first-order valence-corrected chi connectivity index (χ1v) is 10.9. The van der Waals surface area contributed by atoms with Crippen molar-refractivity contribution in [2.45, 2.75) is 44.9 Å². The van der Waals surface area contributed by atoms with Gasteiger partial charge in [0.2, 0.25) is 5.91 Å². The predicted molar refractivity (Wildman–Crippen MR) is 115 cm³/mol. The molecule has 6 nitrogen and oxygen atoms in total. The zero-order valence-corrected chi connectivity index (χ0v) is 18.8. The third-order valence-corrected chi connectivity index (χ3v) is 5.64. The summed E-state index contributed by atoms with van der Waals surface area (Å²) in [6.07, 6.45) is 7.58. The Hall–Kier alpha value is -1.19. The number of hydrogen-bond donors (Lipinski definition) is 3. The van der Waals surface area contributed by atoms with Crippen LogP contribution >= 0.6 is 44.1 Å². The number of ether oxygens (including phenoxy) is 1. The standard InChI is InChI=1S/C18H23Br2N3O3S/c19-13-7-8-15(14(20)10-13)26-11-17(25)22-23-18(27)21-16(24)9-6-12-4-2-1-3-5-12/h7-8,10,12H,1-6,9,11H2,(H,22,25)(H2,21,23,24,27). The molecule has 27 heavy (non-hydrogen) atoms. The fourth-order valence-corrected chi connectivity index (χ4v) is 4.26. The highest BCUT2D eigenvalue weighted by molar-refractivity contribution is 9.11. The van der Waals surface area contributed by atoms with Crippen LogP contribution in [0.2, 0.25) is 0 Å². The van der Waals surface area contributed by atoms with Crippen LogP contribution in [-0.2, 0) is 9.59 Å². The highest BCUT2D eigenvalue weighted by Crippen LogP contribution is 2.28. The van der Waals surface area contributed by atoms with Crippen molar-refractivity contribution >= 4 is 61.0 Å². The molecule has 0 saturated heterocycles. The molecule has 0 bridgehead atoms. The van der Waals surface area contributed by atoms with Gasteiger partial charge in [-0.1, -0.05) is 48.0 Å². The summed E-state index contributed by atoms with van der Waals surface area (Å²) in [6.45, 7) is -0.189. The molecule has 0 radical (unpaired) electrons. The van der Waals surface area contributed by atoms with Gasteiger partial charge in [-0.3, -0.25) is 20.4 Å². The van der Waals surface area contributed by atoms with Crippen LogP contribution < -0.4 is 20.9 Å². The number of thiocarbonyl (C=S) groups is 1. The number of hydrazine groups is 1. The Bertz CT molecular complexity index is 682. The minimum Gasteiger partial charge on any atom is -0.483 e. The van der Waals surface area contributed by atoms with Crippen molar-refractivity contribution in [2.24, 2.45) is 5.92 Å². The Balaban J connectivity index is 1.61. The summed E-state index contributed by atoms with van der Waals surface area (Å²) >= 11 is 11.7. The van der Waals surface area contributed by atoms with Crippen molar-refractivity contribution in [1.29, 1.82) is 0 Å². The molecule has 2 rings (SSSR count). The Kier molecular flexibility index (Phi) is 9.50. The third kappa shape index (κ3) is 8.57. The Morgan fingerprint density at radius 1 is 1.11 bits per heavy atom. The normalized spacial score (nSPS) is 14.3. The van der Waals surface area contributed by atoms with E-state index in [1.807, 2.05) is 12.1 Å². The number of hydrogen-bond acceptors (Lipinski definition) is 4. The Morgan fingerprint density at radius 2 is 1.85 bits per heavy atom. The second kappa shape index (κ2) is 11.6. The van der Waals surface area contributed by atoms with Crippen molar-refractivity contribution in [3.63, 3.8) is 0 Å². The monoisotopic (exact) mass is 519 g/mol. The number of nitrogens with one attached hydrogen (secondary N) is 3. The average molecular weight is 521 g/mol. The minimum absolute atomic E-state index is 0.0711. The lowest BCUT2D eigenvalue weighted by atomic mass is 9.86. The number of halogens is 2. The Labute approximate surface area is 181 Å². The Morgan fingerprint density at radius 3 is 2.56 bits per heavy atom. The molecule has 1 saturated carbocycles. The molecule has 0 aliphatic heterocycles. The molecule has 148 valence electrons. The van der Waals surface area contributed by atoms with Crippen molar-refractivity contribution in [3.05, 3.63) is 27.1 Å². The molecular formula is C18H23Br2N3O3S. The summed E-state index contributed by atoms with van der Waals surface area (Å²) in [4.78, 5) is 23.8. The molecule has 3 N–H and O–H groups in total. The maximum atomic E-state index is 11.9. The molecule has 0 spiro atoms. The maximum absolute atomic E-state index is 11.9. The van der Waals surface area contributed by atoms with Gasteiger partial charge in [0, 0.05) is 10.9 Å². The van der Waals surface area contributed by atoms with Gasteiger partial charge >= 0.3 is 0 Å². The van der Waals surface area contributed by atoms with E-state index in [1.165, 1.54) is 32.1 Å². The molecule has 1 aromatic rings. The molecule has 9 heteroatoms. The van der Waals surface area contributed by atoms with E-state index in [2.05, 4.69) is 48.0 Å². The van der Waals surface area contributed by atoms with Crippen molar-refractivity contribution in [2.75, 3.05) is 6.61 Å². The van der Waals surface area contributed by atoms with Crippen molar-refractivity contribution in [3.8, 4) is 5.75 Å². The molecule has 1 aliphatic rings. The van der Waals surface area contributed by atoms with Gasteiger partial charge in [0.1, 0.15) is 5.75 Å². The number of carbonyl (C=O) groups excluding carboxylic acids is 2. The highest BCUT2D eigenvalue weighted by Gasteiger charge is 2.15. The smallest absolute Gasteiger partial charge is 0.276 e. The fourth-order valence-electron chi connectivity index (χ4n) is 2.93. The van der Waals surface area contributed by atoms with E-state index in [0.717, 1.165) is 15.4 Å². The van der Waals surface area contributed by atoms with Crippen LogP contribution in [0.5, 0.6) is 5.75 Å². The van der Waals surface area contributed by atoms with E-state index in [4.69, 9.17) is 17.0 Å². The van der Waals surface area contributed by atoms with Gasteiger partial charge in [-0.15, -0.1) is 0 Å². The first-order chi connectivity index (χ1) is 12.9. The highest BCUT2D eigenvalue weighted by atomic mass is 79.9. The number of benzene rings is 1. The van der Waals surface area contributed by atoms with Gasteiger partial charge in [-0.2, -0.15) is 0 Å².